The van der Waals surface area contributed by atoms with Crippen molar-refractivity contribution in [1.29, 1.82) is 0 Å². The molecule has 5 heteroatoms. The fourth-order valence-electron chi connectivity index (χ4n) is 1.15. The van der Waals surface area contributed by atoms with Gasteiger partial charge in [0.1, 0.15) is 0 Å². The summed E-state index contributed by atoms with van der Waals surface area (Å²) in [6, 6.07) is 0. The first-order valence-electron chi connectivity index (χ1n) is 5.37. The Morgan fingerprint density at radius 1 is 1.19 bits per heavy atom. The Labute approximate surface area is 95.4 Å². The highest BCUT2D eigenvalue weighted by Crippen LogP contribution is 2.12. The van der Waals surface area contributed by atoms with Crippen LogP contribution in [-0.2, 0) is 14.3 Å². The minimum atomic E-state index is -0.911. The second-order valence-corrected chi connectivity index (χ2v) is 4.25. The van der Waals surface area contributed by atoms with Gasteiger partial charge < -0.3 is 14.9 Å². The number of carboxylic acid groups (broad SMARTS) is 1. The molecular formula is C11H20O5. The summed E-state index contributed by atoms with van der Waals surface area (Å²) in [6.07, 6.45) is -0.954. The molecule has 0 aromatic carbocycles. The molecule has 0 rings (SSSR count). The number of ether oxygens (including phenoxy) is 1. The standard InChI is InChI=1S/C11H20O5/c1-6(10(13)14)5-7(2)16-11(15)8(3)9(4)12/h6-9,12H,5H2,1-4H3,(H,13,14)/t6-,7+,8+,9-/m1/s1. The highest BCUT2D eigenvalue weighted by atomic mass is 16.5. The number of carbonyl (C=O) groups is 2. The predicted molar refractivity (Wildman–Crippen MR) is 57.8 cm³/mol. The van der Waals surface area contributed by atoms with Crippen LogP contribution in [0.3, 0.4) is 0 Å². The van der Waals surface area contributed by atoms with Crippen molar-refractivity contribution < 1.29 is 24.5 Å². The third kappa shape index (κ3) is 5.11. The maximum absolute atomic E-state index is 11.4. The number of carbonyl (C=O) groups excluding carboxylic acids is 1. The van der Waals surface area contributed by atoms with Gasteiger partial charge in [0.05, 0.1) is 24.0 Å². The van der Waals surface area contributed by atoms with E-state index in [0.717, 1.165) is 0 Å². The van der Waals surface area contributed by atoms with Gasteiger partial charge in [-0.15, -0.1) is 0 Å². The summed E-state index contributed by atoms with van der Waals surface area (Å²) < 4.78 is 5.03. The molecule has 0 aromatic heterocycles. The van der Waals surface area contributed by atoms with E-state index in [9.17, 15) is 14.7 Å². The van der Waals surface area contributed by atoms with E-state index in [2.05, 4.69) is 0 Å². The zero-order valence-corrected chi connectivity index (χ0v) is 10.1. The van der Waals surface area contributed by atoms with Crippen molar-refractivity contribution in [3.8, 4) is 0 Å². The molecule has 0 aliphatic rings. The summed E-state index contributed by atoms with van der Waals surface area (Å²) >= 11 is 0. The van der Waals surface area contributed by atoms with Gasteiger partial charge >= 0.3 is 11.9 Å². The zero-order chi connectivity index (χ0) is 12.9. The third-order valence-corrected chi connectivity index (χ3v) is 2.52. The lowest BCUT2D eigenvalue weighted by Crippen LogP contribution is -2.29. The van der Waals surface area contributed by atoms with Crippen LogP contribution in [0.25, 0.3) is 0 Å². The van der Waals surface area contributed by atoms with E-state index in [-0.39, 0.29) is 6.42 Å². The van der Waals surface area contributed by atoms with Crippen LogP contribution in [0.4, 0.5) is 0 Å². The highest BCUT2D eigenvalue weighted by molar-refractivity contribution is 5.73. The summed E-state index contributed by atoms with van der Waals surface area (Å²) in [5.41, 5.74) is 0. The third-order valence-electron chi connectivity index (χ3n) is 2.52. The molecule has 0 saturated carbocycles. The SMILES string of the molecule is C[C@H](C[C@H](C)OC(=O)[C@@H](C)[C@@H](C)O)C(=O)O. The van der Waals surface area contributed by atoms with Crippen molar-refractivity contribution in [2.75, 3.05) is 0 Å². The Hall–Kier alpha value is -1.10. The topological polar surface area (TPSA) is 83.8 Å². The first-order chi connectivity index (χ1) is 7.25. The molecule has 0 amide bonds. The molecule has 16 heavy (non-hydrogen) atoms. The Morgan fingerprint density at radius 3 is 2.06 bits per heavy atom. The summed E-state index contributed by atoms with van der Waals surface area (Å²) in [4.78, 5) is 22.0. The molecule has 0 spiro atoms. The van der Waals surface area contributed by atoms with Crippen LogP contribution >= 0.6 is 0 Å². The lowest BCUT2D eigenvalue weighted by atomic mass is 10.0. The van der Waals surface area contributed by atoms with Gasteiger partial charge in [-0.2, -0.15) is 0 Å². The van der Waals surface area contributed by atoms with Crippen LogP contribution < -0.4 is 0 Å². The fraction of sp³-hybridized carbons (Fsp3) is 0.818. The number of hydrogen-bond acceptors (Lipinski definition) is 4. The second kappa shape index (κ2) is 6.48. The molecule has 0 aliphatic heterocycles. The van der Waals surface area contributed by atoms with Gasteiger partial charge in [0.15, 0.2) is 0 Å². The van der Waals surface area contributed by atoms with E-state index in [0.29, 0.717) is 0 Å². The van der Waals surface area contributed by atoms with Crippen molar-refractivity contribution in [2.24, 2.45) is 11.8 Å². The van der Waals surface area contributed by atoms with E-state index in [1.54, 1.807) is 20.8 Å². The fourth-order valence-corrected chi connectivity index (χ4v) is 1.15. The van der Waals surface area contributed by atoms with Crippen LogP contribution in [0, 0.1) is 11.8 Å². The second-order valence-electron chi connectivity index (χ2n) is 4.25. The van der Waals surface area contributed by atoms with Crippen LogP contribution in [0.1, 0.15) is 34.1 Å². The van der Waals surface area contributed by atoms with E-state index in [1.165, 1.54) is 6.92 Å². The molecule has 0 radical (unpaired) electrons. The quantitative estimate of drug-likeness (QED) is 0.669. The normalized spacial score (nSPS) is 18.3. The molecule has 94 valence electrons. The lowest BCUT2D eigenvalue weighted by Gasteiger charge is -2.19. The number of hydrogen-bond donors (Lipinski definition) is 2. The van der Waals surface area contributed by atoms with Crippen molar-refractivity contribution in [3.05, 3.63) is 0 Å². The number of esters is 1. The van der Waals surface area contributed by atoms with Crippen LogP contribution in [0.2, 0.25) is 0 Å². The van der Waals surface area contributed by atoms with Crippen molar-refractivity contribution in [3.63, 3.8) is 0 Å². The smallest absolute Gasteiger partial charge is 0.311 e. The van der Waals surface area contributed by atoms with Crippen LogP contribution in [0.15, 0.2) is 0 Å². The first kappa shape index (κ1) is 14.9. The van der Waals surface area contributed by atoms with Gasteiger partial charge in [-0.3, -0.25) is 9.59 Å². The van der Waals surface area contributed by atoms with Crippen molar-refractivity contribution in [2.45, 2.75) is 46.3 Å². The predicted octanol–water partition coefficient (Wildman–Crippen LogP) is 1.05. The monoisotopic (exact) mass is 232 g/mol. The molecule has 0 unspecified atom stereocenters. The molecule has 0 aliphatic carbocycles. The molecule has 0 saturated heterocycles. The Morgan fingerprint density at radius 2 is 1.69 bits per heavy atom. The summed E-state index contributed by atoms with van der Waals surface area (Å²) in [7, 11) is 0. The number of aliphatic hydroxyl groups is 1. The number of aliphatic hydroxyl groups excluding tert-OH is 1. The van der Waals surface area contributed by atoms with Gasteiger partial charge in [0, 0.05) is 0 Å². The number of aliphatic carboxylic acids is 1. The largest absolute Gasteiger partial charge is 0.481 e. The minimum Gasteiger partial charge on any atom is -0.481 e. The molecule has 0 bridgehead atoms. The van der Waals surface area contributed by atoms with Crippen molar-refractivity contribution in [1.82, 2.24) is 0 Å². The molecule has 5 nitrogen and oxygen atoms in total. The van der Waals surface area contributed by atoms with Gasteiger partial charge in [0.2, 0.25) is 0 Å². The van der Waals surface area contributed by atoms with Gasteiger partial charge in [-0.25, -0.2) is 0 Å². The average Bonchev–Trinajstić information content (AvgIpc) is 2.15. The van der Waals surface area contributed by atoms with Crippen LogP contribution in [-0.4, -0.2) is 34.4 Å². The molecule has 2 N–H and O–H groups in total. The Balaban J connectivity index is 4.10. The Kier molecular flexibility index (Phi) is 6.03. The summed E-state index contributed by atoms with van der Waals surface area (Å²) in [5.74, 6) is -2.56. The van der Waals surface area contributed by atoms with E-state index < -0.39 is 36.0 Å². The first-order valence-corrected chi connectivity index (χ1v) is 5.37. The number of carboxylic acids is 1. The maximum Gasteiger partial charge on any atom is 0.311 e. The van der Waals surface area contributed by atoms with E-state index >= 15 is 0 Å². The lowest BCUT2D eigenvalue weighted by molar-refractivity contribution is -0.158. The number of rotatable bonds is 6. The highest BCUT2D eigenvalue weighted by Gasteiger charge is 2.23. The zero-order valence-electron chi connectivity index (χ0n) is 10.1. The Bertz CT molecular complexity index is 249. The van der Waals surface area contributed by atoms with Gasteiger partial charge in [0.25, 0.3) is 0 Å². The average molecular weight is 232 g/mol. The van der Waals surface area contributed by atoms with Crippen LogP contribution in [0.5, 0.6) is 0 Å². The van der Waals surface area contributed by atoms with E-state index in [4.69, 9.17) is 9.84 Å². The molecule has 0 aromatic rings. The maximum atomic E-state index is 11.4. The molecule has 4 atom stereocenters. The molecule has 0 heterocycles. The minimum absolute atomic E-state index is 0.271. The van der Waals surface area contributed by atoms with Crippen molar-refractivity contribution >= 4 is 11.9 Å². The van der Waals surface area contributed by atoms with Gasteiger partial charge in [-0.05, 0) is 27.2 Å². The van der Waals surface area contributed by atoms with Gasteiger partial charge in [-0.1, -0.05) is 6.92 Å². The summed E-state index contributed by atoms with van der Waals surface area (Å²) in [6.45, 7) is 6.29. The van der Waals surface area contributed by atoms with E-state index in [1.807, 2.05) is 0 Å². The molecular weight excluding hydrogens is 212 g/mol. The molecule has 0 fully saturated rings. The summed E-state index contributed by atoms with van der Waals surface area (Å²) in [5, 5.41) is 17.9.